The van der Waals surface area contributed by atoms with Crippen LogP contribution in [0.2, 0.25) is 0 Å². The molecule has 0 atom stereocenters. The van der Waals surface area contributed by atoms with Crippen molar-refractivity contribution in [2.24, 2.45) is 11.1 Å². The summed E-state index contributed by atoms with van der Waals surface area (Å²) < 4.78 is 5.21. The third-order valence-corrected chi connectivity index (χ3v) is 5.61. The Labute approximate surface area is 168 Å². The van der Waals surface area contributed by atoms with Crippen molar-refractivity contribution >= 4 is 24.2 Å². The standard InChI is InChI=1S/C20H31N3O3.ClH/c1-4-20(5-2,15-21)19(25)23-11-9-22(10-12-23)18(24)14-16-7-6-8-17(13-16)26-3;/h6-8,13H,4-5,9-12,14-15,21H2,1-3H3;1H. The highest BCUT2D eigenvalue weighted by atomic mass is 35.5. The number of nitrogens with zero attached hydrogens (tertiary/aromatic N) is 2. The first kappa shape index (κ1) is 23.2. The Bertz CT molecular complexity index is 618. The second-order valence-corrected chi connectivity index (χ2v) is 6.89. The lowest BCUT2D eigenvalue weighted by Gasteiger charge is -2.40. The summed E-state index contributed by atoms with van der Waals surface area (Å²) in [6, 6.07) is 7.57. The molecule has 0 spiro atoms. The van der Waals surface area contributed by atoms with Gasteiger partial charge >= 0.3 is 0 Å². The summed E-state index contributed by atoms with van der Waals surface area (Å²) >= 11 is 0. The van der Waals surface area contributed by atoms with E-state index in [0.717, 1.165) is 24.2 Å². The van der Waals surface area contributed by atoms with E-state index in [1.54, 1.807) is 7.11 Å². The van der Waals surface area contributed by atoms with E-state index in [-0.39, 0.29) is 24.2 Å². The van der Waals surface area contributed by atoms with E-state index in [1.165, 1.54) is 0 Å². The minimum absolute atomic E-state index is 0. The zero-order chi connectivity index (χ0) is 19.2. The van der Waals surface area contributed by atoms with Gasteiger partial charge in [-0.25, -0.2) is 0 Å². The maximum absolute atomic E-state index is 12.9. The molecule has 2 amide bonds. The van der Waals surface area contributed by atoms with Gasteiger partial charge in [0.05, 0.1) is 18.9 Å². The number of halogens is 1. The average molecular weight is 398 g/mol. The van der Waals surface area contributed by atoms with Gasteiger partial charge in [-0.2, -0.15) is 0 Å². The molecule has 0 aromatic heterocycles. The van der Waals surface area contributed by atoms with Crippen LogP contribution in [0.1, 0.15) is 32.3 Å². The number of carbonyl (C=O) groups excluding carboxylic acids is 2. The van der Waals surface area contributed by atoms with Crippen LogP contribution in [-0.2, 0) is 16.0 Å². The highest BCUT2D eigenvalue weighted by molar-refractivity contribution is 5.85. The number of piperazine rings is 1. The van der Waals surface area contributed by atoms with Crippen LogP contribution in [0, 0.1) is 5.41 Å². The van der Waals surface area contributed by atoms with Crippen LogP contribution in [-0.4, -0.2) is 61.4 Å². The van der Waals surface area contributed by atoms with Gasteiger partial charge in [0.2, 0.25) is 11.8 Å². The molecule has 0 bridgehead atoms. The van der Waals surface area contributed by atoms with E-state index in [0.29, 0.717) is 39.1 Å². The Balaban J connectivity index is 0.00000364. The fourth-order valence-electron chi connectivity index (χ4n) is 3.49. The van der Waals surface area contributed by atoms with Crippen LogP contribution in [0.5, 0.6) is 5.75 Å². The second-order valence-electron chi connectivity index (χ2n) is 6.89. The molecule has 2 rings (SSSR count). The lowest BCUT2D eigenvalue weighted by molar-refractivity contribution is -0.147. The van der Waals surface area contributed by atoms with E-state index < -0.39 is 5.41 Å². The molecule has 0 radical (unpaired) electrons. The van der Waals surface area contributed by atoms with Gasteiger partial charge in [-0.1, -0.05) is 26.0 Å². The third-order valence-electron chi connectivity index (χ3n) is 5.61. The average Bonchev–Trinajstić information content (AvgIpc) is 2.70. The molecule has 0 saturated carbocycles. The van der Waals surface area contributed by atoms with Crippen molar-refractivity contribution in [1.82, 2.24) is 9.80 Å². The van der Waals surface area contributed by atoms with E-state index in [4.69, 9.17) is 10.5 Å². The summed E-state index contributed by atoms with van der Waals surface area (Å²) in [6.07, 6.45) is 1.84. The van der Waals surface area contributed by atoms with Crippen LogP contribution < -0.4 is 10.5 Å². The molecule has 7 heteroatoms. The van der Waals surface area contributed by atoms with Crippen molar-refractivity contribution in [3.05, 3.63) is 29.8 Å². The maximum atomic E-state index is 12.9. The summed E-state index contributed by atoms with van der Waals surface area (Å²) in [4.78, 5) is 29.2. The number of ether oxygens (including phenoxy) is 1. The predicted molar refractivity (Wildman–Crippen MR) is 109 cm³/mol. The van der Waals surface area contributed by atoms with Crippen LogP contribution in [0.4, 0.5) is 0 Å². The summed E-state index contributed by atoms with van der Waals surface area (Å²) in [6.45, 7) is 6.69. The number of hydrogen-bond acceptors (Lipinski definition) is 4. The van der Waals surface area contributed by atoms with Crippen molar-refractivity contribution in [3.63, 3.8) is 0 Å². The van der Waals surface area contributed by atoms with Crippen molar-refractivity contribution < 1.29 is 14.3 Å². The third kappa shape index (κ3) is 5.36. The highest BCUT2D eigenvalue weighted by Gasteiger charge is 2.38. The predicted octanol–water partition coefficient (Wildman–Crippen LogP) is 2.10. The Morgan fingerprint density at radius 2 is 1.70 bits per heavy atom. The molecule has 1 aliphatic heterocycles. The molecule has 27 heavy (non-hydrogen) atoms. The quantitative estimate of drug-likeness (QED) is 0.764. The van der Waals surface area contributed by atoms with Crippen LogP contribution >= 0.6 is 12.4 Å². The first-order valence-corrected chi connectivity index (χ1v) is 9.39. The highest BCUT2D eigenvalue weighted by Crippen LogP contribution is 2.28. The molecule has 0 unspecified atom stereocenters. The van der Waals surface area contributed by atoms with Crippen LogP contribution in [0.15, 0.2) is 24.3 Å². The zero-order valence-electron chi connectivity index (χ0n) is 16.6. The molecule has 2 N–H and O–H groups in total. The summed E-state index contributed by atoms with van der Waals surface area (Å²) in [5.41, 5.74) is 6.37. The van der Waals surface area contributed by atoms with E-state index in [1.807, 2.05) is 47.9 Å². The minimum Gasteiger partial charge on any atom is -0.497 e. The minimum atomic E-state index is -0.466. The maximum Gasteiger partial charge on any atom is 0.230 e. The molecule has 1 aromatic rings. The second kappa shape index (κ2) is 10.5. The van der Waals surface area contributed by atoms with Gasteiger partial charge in [-0.15, -0.1) is 12.4 Å². The molecule has 6 nitrogen and oxygen atoms in total. The Hall–Kier alpha value is -1.79. The molecular weight excluding hydrogens is 366 g/mol. The molecular formula is C20H32ClN3O3. The number of amides is 2. The Morgan fingerprint density at radius 3 is 2.22 bits per heavy atom. The van der Waals surface area contributed by atoms with Gasteiger partial charge in [-0.3, -0.25) is 9.59 Å². The number of nitrogens with two attached hydrogens (primary N) is 1. The topological polar surface area (TPSA) is 75.9 Å². The molecule has 0 aliphatic carbocycles. The van der Waals surface area contributed by atoms with Crippen molar-refractivity contribution in [3.8, 4) is 5.75 Å². The summed E-state index contributed by atoms with van der Waals surface area (Å²) in [7, 11) is 1.62. The van der Waals surface area contributed by atoms with Gasteiger partial charge in [0.1, 0.15) is 5.75 Å². The molecule has 152 valence electrons. The molecule has 1 aliphatic rings. The monoisotopic (exact) mass is 397 g/mol. The number of rotatable bonds is 7. The Kier molecular flexibility index (Phi) is 9.06. The van der Waals surface area contributed by atoms with Gasteiger partial charge < -0.3 is 20.3 Å². The number of methoxy groups -OCH3 is 1. The Morgan fingerprint density at radius 1 is 1.11 bits per heavy atom. The van der Waals surface area contributed by atoms with Crippen molar-refractivity contribution in [2.75, 3.05) is 39.8 Å². The van der Waals surface area contributed by atoms with E-state index in [9.17, 15) is 9.59 Å². The first-order chi connectivity index (χ1) is 12.5. The first-order valence-electron chi connectivity index (χ1n) is 9.39. The zero-order valence-corrected chi connectivity index (χ0v) is 17.4. The van der Waals surface area contributed by atoms with Crippen LogP contribution in [0.3, 0.4) is 0 Å². The van der Waals surface area contributed by atoms with Crippen LogP contribution in [0.25, 0.3) is 0 Å². The number of hydrogen-bond donors (Lipinski definition) is 1. The largest absolute Gasteiger partial charge is 0.497 e. The smallest absolute Gasteiger partial charge is 0.230 e. The lowest BCUT2D eigenvalue weighted by atomic mass is 9.81. The van der Waals surface area contributed by atoms with Gasteiger partial charge in [0.25, 0.3) is 0 Å². The lowest BCUT2D eigenvalue weighted by Crippen LogP contribution is -2.55. The normalized spacial score (nSPS) is 14.5. The SMILES string of the molecule is CCC(CC)(CN)C(=O)N1CCN(C(=O)Cc2cccc(OC)c2)CC1.Cl. The number of carbonyl (C=O) groups is 2. The van der Waals surface area contributed by atoms with E-state index in [2.05, 4.69) is 0 Å². The van der Waals surface area contributed by atoms with Gasteiger partial charge in [0, 0.05) is 32.7 Å². The fraction of sp³-hybridized carbons (Fsp3) is 0.600. The van der Waals surface area contributed by atoms with Crippen molar-refractivity contribution in [2.45, 2.75) is 33.1 Å². The molecule has 1 fully saturated rings. The van der Waals surface area contributed by atoms with Gasteiger partial charge in [-0.05, 0) is 30.5 Å². The van der Waals surface area contributed by atoms with E-state index >= 15 is 0 Å². The molecule has 1 heterocycles. The summed E-state index contributed by atoms with van der Waals surface area (Å²) in [5.74, 6) is 0.967. The summed E-state index contributed by atoms with van der Waals surface area (Å²) in [5, 5.41) is 0. The van der Waals surface area contributed by atoms with Gasteiger partial charge in [0.15, 0.2) is 0 Å². The fourth-order valence-corrected chi connectivity index (χ4v) is 3.49. The number of benzene rings is 1. The molecule has 1 saturated heterocycles. The molecule has 1 aromatic carbocycles. The van der Waals surface area contributed by atoms with Crippen molar-refractivity contribution in [1.29, 1.82) is 0 Å².